The number of nitrogens with zero attached hydrogens (tertiary/aromatic N) is 3. The first-order chi connectivity index (χ1) is 17.3. The van der Waals surface area contributed by atoms with Crippen LogP contribution in [0.3, 0.4) is 0 Å². The molecule has 0 spiro atoms. The first-order valence-electron chi connectivity index (χ1n) is 11.9. The molecule has 0 bridgehead atoms. The average molecular weight is 506 g/mol. The normalized spacial score (nSPS) is 15.4. The Morgan fingerprint density at radius 1 is 1.11 bits per heavy atom. The summed E-state index contributed by atoms with van der Waals surface area (Å²) in [5.41, 5.74) is 3.57. The molecule has 1 aliphatic rings. The lowest BCUT2D eigenvalue weighted by Crippen LogP contribution is -2.43. The number of carbonyl (C=O) groups is 1. The molecule has 2 aromatic carbocycles. The predicted octanol–water partition coefficient (Wildman–Crippen LogP) is 3.43. The van der Waals surface area contributed by atoms with E-state index in [1.807, 2.05) is 76.2 Å². The number of allylic oxidation sites excluding steroid dienone is 1. The van der Waals surface area contributed by atoms with Crippen LogP contribution in [-0.4, -0.2) is 42.7 Å². The van der Waals surface area contributed by atoms with E-state index >= 15 is 0 Å². The van der Waals surface area contributed by atoms with Crippen LogP contribution >= 0.6 is 11.3 Å². The van der Waals surface area contributed by atoms with E-state index < -0.39 is 6.04 Å². The third kappa shape index (κ3) is 4.48. The molecule has 1 aromatic heterocycles. The van der Waals surface area contributed by atoms with Gasteiger partial charge in [0.25, 0.3) is 11.5 Å². The van der Waals surface area contributed by atoms with Crippen molar-refractivity contribution in [1.29, 1.82) is 0 Å². The minimum atomic E-state index is -0.649. The minimum Gasteiger partial charge on any atom is -0.497 e. The second kappa shape index (κ2) is 10.5. The maximum Gasteiger partial charge on any atom is 0.271 e. The molecule has 188 valence electrons. The summed E-state index contributed by atoms with van der Waals surface area (Å²) in [6, 6.07) is 12.6. The van der Waals surface area contributed by atoms with Gasteiger partial charge in [-0.2, -0.15) is 0 Å². The highest BCUT2D eigenvalue weighted by molar-refractivity contribution is 7.07. The molecule has 0 unspecified atom stereocenters. The number of ether oxygens (including phenoxy) is 2. The zero-order valence-electron chi connectivity index (χ0n) is 21.5. The van der Waals surface area contributed by atoms with E-state index in [9.17, 15) is 9.59 Å². The quantitative estimate of drug-likeness (QED) is 0.493. The predicted molar refractivity (Wildman–Crippen MR) is 142 cm³/mol. The standard InChI is InChI=1S/C28H31N3O4S/c1-7-30(8-2)27(33)24-18(4)29-28-31(25(24)21-11-9-10-12-22(21)35-6)26(32)23(36-28)16-19-13-14-20(34-5)15-17(19)3/h9-16,25H,7-8H2,1-6H3/b23-16+/t25-/m1/s1. The Morgan fingerprint density at radius 3 is 2.47 bits per heavy atom. The van der Waals surface area contributed by atoms with Crippen molar-refractivity contribution in [3.05, 3.63) is 90.1 Å². The van der Waals surface area contributed by atoms with Crippen LogP contribution in [0.2, 0.25) is 0 Å². The van der Waals surface area contributed by atoms with E-state index in [1.54, 1.807) is 23.7 Å². The molecule has 0 radical (unpaired) electrons. The lowest BCUT2D eigenvalue weighted by molar-refractivity contribution is -0.127. The van der Waals surface area contributed by atoms with Gasteiger partial charge in [-0.05, 0) is 63.1 Å². The first kappa shape index (κ1) is 25.4. The highest BCUT2D eigenvalue weighted by Crippen LogP contribution is 2.36. The smallest absolute Gasteiger partial charge is 0.271 e. The highest BCUT2D eigenvalue weighted by atomic mass is 32.1. The number of rotatable bonds is 7. The summed E-state index contributed by atoms with van der Waals surface area (Å²) in [5, 5.41) is 0. The Hall–Kier alpha value is -3.65. The number of benzene rings is 2. The van der Waals surface area contributed by atoms with Crippen LogP contribution < -0.4 is 24.4 Å². The molecule has 1 amide bonds. The Labute approximate surface area is 214 Å². The van der Waals surface area contributed by atoms with Gasteiger partial charge in [-0.3, -0.25) is 14.2 Å². The number of hydrogen-bond acceptors (Lipinski definition) is 6. The van der Waals surface area contributed by atoms with Crippen LogP contribution in [0.4, 0.5) is 0 Å². The number of para-hydroxylation sites is 1. The van der Waals surface area contributed by atoms with Crippen molar-refractivity contribution in [1.82, 2.24) is 9.47 Å². The van der Waals surface area contributed by atoms with Crippen LogP contribution in [-0.2, 0) is 4.79 Å². The molecule has 1 atom stereocenters. The van der Waals surface area contributed by atoms with Gasteiger partial charge in [-0.25, -0.2) is 4.99 Å². The molecule has 0 N–H and O–H groups in total. The molecule has 3 aromatic rings. The van der Waals surface area contributed by atoms with Gasteiger partial charge < -0.3 is 14.4 Å². The van der Waals surface area contributed by atoms with Crippen LogP contribution in [0.5, 0.6) is 11.5 Å². The van der Waals surface area contributed by atoms with Gasteiger partial charge in [0.2, 0.25) is 0 Å². The molecule has 7 nitrogen and oxygen atoms in total. The van der Waals surface area contributed by atoms with Gasteiger partial charge in [-0.1, -0.05) is 35.6 Å². The molecule has 0 saturated heterocycles. The fourth-order valence-electron chi connectivity index (χ4n) is 4.54. The van der Waals surface area contributed by atoms with Crippen LogP contribution in [0.1, 0.15) is 43.5 Å². The maximum atomic E-state index is 13.9. The number of methoxy groups -OCH3 is 2. The number of hydrogen-bond donors (Lipinski definition) is 0. The molecule has 2 heterocycles. The number of aromatic nitrogens is 1. The molecule has 0 fully saturated rings. The number of fused-ring (bicyclic) bond motifs is 1. The number of aryl methyl sites for hydroxylation is 1. The van der Waals surface area contributed by atoms with Gasteiger partial charge in [0.05, 0.1) is 30.0 Å². The Balaban J connectivity index is 1.98. The fraction of sp³-hybridized carbons (Fsp3) is 0.321. The molecule has 1 aliphatic heterocycles. The summed E-state index contributed by atoms with van der Waals surface area (Å²) in [7, 11) is 3.22. The minimum absolute atomic E-state index is 0.127. The molecule has 0 aliphatic carbocycles. The molecule has 36 heavy (non-hydrogen) atoms. The summed E-state index contributed by atoms with van der Waals surface area (Å²) in [4.78, 5) is 34.7. The Morgan fingerprint density at radius 2 is 1.83 bits per heavy atom. The Kier molecular flexibility index (Phi) is 7.45. The van der Waals surface area contributed by atoms with Gasteiger partial charge in [0.1, 0.15) is 17.5 Å². The third-order valence-electron chi connectivity index (χ3n) is 6.50. The first-order valence-corrected chi connectivity index (χ1v) is 12.8. The van der Waals surface area contributed by atoms with Gasteiger partial charge >= 0.3 is 0 Å². The summed E-state index contributed by atoms with van der Waals surface area (Å²) in [6.07, 6.45) is 1.88. The molecule has 8 heteroatoms. The monoisotopic (exact) mass is 505 g/mol. The molecular weight excluding hydrogens is 474 g/mol. The Bertz CT molecular complexity index is 1510. The number of amides is 1. The summed E-state index contributed by atoms with van der Waals surface area (Å²) in [5.74, 6) is 1.25. The molecular formula is C28H31N3O4S. The van der Waals surface area contributed by atoms with Crippen LogP contribution in [0.15, 0.2) is 63.5 Å². The molecule has 0 saturated carbocycles. The summed E-state index contributed by atoms with van der Waals surface area (Å²) < 4.78 is 13.2. The van der Waals surface area contributed by atoms with Gasteiger partial charge in [-0.15, -0.1) is 0 Å². The second-order valence-electron chi connectivity index (χ2n) is 8.52. The zero-order valence-corrected chi connectivity index (χ0v) is 22.3. The fourth-order valence-corrected chi connectivity index (χ4v) is 5.58. The topological polar surface area (TPSA) is 73.1 Å². The number of likely N-dealkylation sites (N-methyl/N-ethyl adjacent to an activating group) is 1. The van der Waals surface area contributed by atoms with E-state index in [4.69, 9.17) is 14.5 Å². The van der Waals surface area contributed by atoms with E-state index in [0.717, 1.165) is 22.4 Å². The van der Waals surface area contributed by atoms with Crippen LogP contribution in [0.25, 0.3) is 6.08 Å². The summed E-state index contributed by atoms with van der Waals surface area (Å²) >= 11 is 1.32. The average Bonchev–Trinajstić information content (AvgIpc) is 3.19. The SMILES string of the molecule is CCN(CC)C(=O)C1=C(C)N=c2s/c(=C/c3ccc(OC)cc3C)c(=O)n2[C@@H]1c1ccccc1OC. The van der Waals surface area contributed by atoms with E-state index in [2.05, 4.69) is 0 Å². The van der Waals surface area contributed by atoms with Gasteiger partial charge in [0.15, 0.2) is 4.80 Å². The van der Waals surface area contributed by atoms with Crippen molar-refractivity contribution in [2.45, 2.75) is 33.7 Å². The summed E-state index contributed by atoms with van der Waals surface area (Å²) in [6.45, 7) is 8.83. The van der Waals surface area contributed by atoms with Crippen molar-refractivity contribution in [3.63, 3.8) is 0 Å². The maximum absolute atomic E-state index is 13.9. The third-order valence-corrected chi connectivity index (χ3v) is 7.48. The van der Waals surface area contributed by atoms with Crippen molar-refractivity contribution >= 4 is 23.3 Å². The van der Waals surface area contributed by atoms with Crippen molar-refractivity contribution in [3.8, 4) is 11.5 Å². The molecule has 4 rings (SSSR count). The lowest BCUT2D eigenvalue weighted by atomic mass is 9.94. The van der Waals surface area contributed by atoms with E-state index in [1.165, 1.54) is 11.3 Å². The second-order valence-corrected chi connectivity index (χ2v) is 9.53. The van der Waals surface area contributed by atoms with Crippen molar-refractivity contribution < 1.29 is 14.3 Å². The van der Waals surface area contributed by atoms with E-state index in [-0.39, 0.29) is 11.5 Å². The number of carbonyl (C=O) groups excluding carboxylic acids is 1. The van der Waals surface area contributed by atoms with E-state index in [0.29, 0.717) is 39.4 Å². The number of thiazole rings is 1. The van der Waals surface area contributed by atoms with Gasteiger partial charge in [0, 0.05) is 18.7 Å². The highest BCUT2D eigenvalue weighted by Gasteiger charge is 2.35. The van der Waals surface area contributed by atoms with Crippen LogP contribution in [0, 0.1) is 6.92 Å². The van der Waals surface area contributed by atoms with Crippen molar-refractivity contribution in [2.24, 2.45) is 4.99 Å². The lowest BCUT2D eigenvalue weighted by Gasteiger charge is -2.29. The largest absolute Gasteiger partial charge is 0.497 e. The zero-order chi connectivity index (χ0) is 26.0. The van der Waals surface area contributed by atoms with Crippen molar-refractivity contribution in [2.75, 3.05) is 27.3 Å².